The van der Waals surface area contributed by atoms with Crippen LogP contribution in [0, 0.1) is 0 Å². The monoisotopic (exact) mass is 1070 g/mol. The maximum absolute atomic E-state index is 13.3. The van der Waals surface area contributed by atoms with Crippen LogP contribution in [0.2, 0.25) is 0 Å². The van der Waals surface area contributed by atoms with E-state index in [4.69, 9.17) is 18.9 Å². The summed E-state index contributed by atoms with van der Waals surface area (Å²) in [5.74, 6) is -0.244. The summed E-state index contributed by atoms with van der Waals surface area (Å²) in [6.45, 7) is 2.82. The molecule has 2 saturated heterocycles. The average molecular weight is 1070 g/mol. The summed E-state index contributed by atoms with van der Waals surface area (Å²) in [7, 11) is 0. The van der Waals surface area contributed by atoms with Gasteiger partial charge in [0.25, 0.3) is 0 Å². The molecule has 0 saturated carbocycles. The van der Waals surface area contributed by atoms with Gasteiger partial charge in [-0.3, -0.25) is 4.79 Å². The van der Waals surface area contributed by atoms with Crippen molar-refractivity contribution in [2.24, 2.45) is 0 Å². The molecular weight excluding hydrogens is 955 g/mol. The Morgan fingerprint density at radius 1 is 0.467 bits per heavy atom. The normalized spacial score (nSPS) is 25.1. The van der Waals surface area contributed by atoms with E-state index in [-0.39, 0.29) is 18.9 Å². The first kappa shape index (κ1) is 69.6. The summed E-state index contributed by atoms with van der Waals surface area (Å²) in [5.41, 5.74) is 0. The highest BCUT2D eigenvalue weighted by atomic mass is 16.7. The first-order chi connectivity index (χ1) is 36.6. The van der Waals surface area contributed by atoms with E-state index in [0.29, 0.717) is 12.8 Å². The lowest BCUT2D eigenvalue weighted by atomic mass is 9.97. The van der Waals surface area contributed by atoms with E-state index in [1.165, 1.54) is 199 Å². The molecule has 1 amide bonds. The molecule has 0 aromatic carbocycles. The minimum atomic E-state index is -1.79. The van der Waals surface area contributed by atoms with Crippen molar-refractivity contribution in [1.82, 2.24) is 5.32 Å². The molecule has 442 valence electrons. The zero-order valence-corrected chi connectivity index (χ0v) is 47.6. The lowest BCUT2D eigenvalue weighted by Crippen LogP contribution is -2.65. The number of allylic oxidation sites excluding steroid dienone is 3. The van der Waals surface area contributed by atoms with E-state index in [1.807, 2.05) is 6.08 Å². The molecule has 0 spiro atoms. The lowest BCUT2D eigenvalue weighted by Gasteiger charge is -2.46. The maximum Gasteiger partial charge on any atom is 0.220 e. The number of unbranched alkanes of at least 4 members (excludes halogenated alkanes) is 35. The van der Waals surface area contributed by atoms with Crippen LogP contribution in [0.25, 0.3) is 0 Å². The quantitative estimate of drug-likeness (QED) is 0.0204. The molecule has 2 fully saturated rings. The lowest BCUT2D eigenvalue weighted by molar-refractivity contribution is -0.359. The van der Waals surface area contributed by atoms with Gasteiger partial charge in [-0.15, -0.1) is 0 Å². The Morgan fingerprint density at radius 3 is 1.31 bits per heavy atom. The number of nitrogens with one attached hydrogen (secondary N) is 1. The topological polar surface area (TPSA) is 228 Å². The van der Waals surface area contributed by atoms with Crippen molar-refractivity contribution in [1.29, 1.82) is 0 Å². The third kappa shape index (κ3) is 33.0. The third-order valence-electron chi connectivity index (χ3n) is 15.4. The molecule has 0 aromatic rings. The first-order valence-corrected chi connectivity index (χ1v) is 31.1. The Balaban J connectivity index is 1.77. The molecule has 12 atom stereocenters. The molecule has 2 rings (SSSR count). The van der Waals surface area contributed by atoms with Crippen LogP contribution < -0.4 is 5.32 Å². The van der Waals surface area contributed by atoms with Crippen LogP contribution in [0.4, 0.5) is 0 Å². The van der Waals surface area contributed by atoms with Crippen LogP contribution in [0.3, 0.4) is 0 Å². The van der Waals surface area contributed by atoms with Crippen LogP contribution >= 0.6 is 0 Å². The Hall–Kier alpha value is -1.53. The number of ether oxygens (including phenoxy) is 4. The van der Waals surface area contributed by atoms with Crippen molar-refractivity contribution in [2.45, 2.75) is 338 Å². The Bertz CT molecular complexity index is 1350. The molecule has 0 aliphatic carbocycles. The molecule has 12 unspecified atom stereocenters. The minimum Gasteiger partial charge on any atom is -0.394 e. The predicted molar refractivity (Wildman–Crippen MR) is 300 cm³/mol. The van der Waals surface area contributed by atoms with Crippen molar-refractivity contribution in [2.75, 3.05) is 19.8 Å². The van der Waals surface area contributed by atoms with Crippen LogP contribution in [-0.2, 0) is 23.7 Å². The van der Waals surface area contributed by atoms with Gasteiger partial charge in [-0.25, -0.2) is 0 Å². The summed E-state index contributed by atoms with van der Waals surface area (Å²) in [6.07, 6.45) is 39.3. The van der Waals surface area contributed by atoms with Gasteiger partial charge in [-0.1, -0.05) is 250 Å². The van der Waals surface area contributed by atoms with Gasteiger partial charge in [0.2, 0.25) is 5.91 Å². The van der Waals surface area contributed by atoms with Crippen LogP contribution in [0.15, 0.2) is 24.3 Å². The third-order valence-corrected chi connectivity index (χ3v) is 15.4. The number of aliphatic hydroxyl groups is 8. The van der Waals surface area contributed by atoms with E-state index >= 15 is 0 Å². The van der Waals surface area contributed by atoms with Gasteiger partial charge in [-0.2, -0.15) is 0 Å². The van der Waals surface area contributed by atoms with Crippen molar-refractivity contribution < 1.29 is 64.6 Å². The molecule has 0 aromatic heterocycles. The van der Waals surface area contributed by atoms with Crippen LogP contribution in [0.5, 0.6) is 0 Å². The number of carbonyl (C=O) groups excluding carboxylic acids is 1. The predicted octanol–water partition coefficient (Wildman–Crippen LogP) is 10.8. The van der Waals surface area contributed by atoms with Crippen molar-refractivity contribution in [3.8, 4) is 0 Å². The van der Waals surface area contributed by atoms with Crippen LogP contribution in [0.1, 0.15) is 264 Å². The molecule has 14 nitrogen and oxygen atoms in total. The smallest absolute Gasteiger partial charge is 0.220 e. The highest BCUT2D eigenvalue weighted by Crippen LogP contribution is 2.30. The minimum absolute atomic E-state index is 0.244. The van der Waals surface area contributed by atoms with E-state index < -0.39 is 86.8 Å². The highest BCUT2D eigenvalue weighted by Gasteiger charge is 2.51. The number of aliphatic hydroxyl groups excluding tert-OH is 8. The Kier molecular flexibility index (Phi) is 43.9. The SMILES string of the molecule is CCCCCCCCCCCCCCCCC/C=C/CC/C=C/C(O)C(COC1OC(CO)C(OC2OC(CO)C(O)C(O)C2O)C(O)C1O)NC(=O)CCCCCCCCCCCCCCCCCCCCCC. The number of carbonyl (C=O) groups is 1. The van der Waals surface area contributed by atoms with Gasteiger partial charge < -0.3 is 65.1 Å². The highest BCUT2D eigenvalue weighted by molar-refractivity contribution is 5.76. The summed E-state index contributed by atoms with van der Waals surface area (Å²) in [4.78, 5) is 13.3. The van der Waals surface area contributed by atoms with Crippen molar-refractivity contribution in [3.63, 3.8) is 0 Å². The summed E-state index contributed by atoms with van der Waals surface area (Å²) < 4.78 is 22.8. The fourth-order valence-corrected chi connectivity index (χ4v) is 10.4. The number of amides is 1. The van der Waals surface area contributed by atoms with E-state index in [0.717, 1.165) is 32.1 Å². The molecule has 2 aliphatic heterocycles. The fourth-order valence-electron chi connectivity index (χ4n) is 10.4. The van der Waals surface area contributed by atoms with E-state index in [2.05, 4.69) is 31.3 Å². The van der Waals surface area contributed by atoms with E-state index in [1.54, 1.807) is 6.08 Å². The molecule has 14 heteroatoms. The zero-order chi connectivity index (χ0) is 54.6. The van der Waals surface area contributed by atoms with Crippen molar-refractivity contribution >= 4 is 5.91 Å². The van der Waals surface area contributed by atoms with Gasteiger partial charge in [0.1, 0.15) is 48.8 Å². The summed E-state index contributed by atoms with van der Waals surface area (Å²) in [6, 6.07) is -0.928. The van der Waals surface area contributed by atoms with Crippen LogP contribution in [-0.4, -0.2) is 140 Å². The standard InChI is InChI=1S/C61H115NO13/c1-3-5-7-9-11-13-15-17-19-21-23-25-26-28-30-32-34-36-38-40-42-44-50(65)49(62-53(66)45-43-41-39-37-35-33-31-29-27-24-22-20-18-16-14-12-10-8-6-4-2)48-72-60-58(71)56(69)59(52(47-64)74-60)75-61-57(70)55(68)54(67)51(46-63)73-61/h34,36,42,44,49-52,54-61,63-65,67-71H,3-33,35,37-41,43,45-48H2,1-2H3,(H,62,66)/b36-34+,44-42+. The zero-order valence-electron chi connectivity index (χ0n) is 47.6. The van der Waals surface area contributed by atoms with Gasteiger partial charge in [0, 0.05) is 6.42 Å². The molecule has 0 bridgehead atoms. The first-order valence-electron chi connectivity index (χ1n) is 31.1. The summed E-state index contributed by atoms with van der Waals surface area (Å²) in [5, 5.41) is 87.1. The molecule has 9 N–H and O–H groups in total. The second-order valence-electron chi connectivity index (χ2n) is 22.2. The van der Waals surface area contributed by atoms with Gasteiger partial charge in [0.05, 0.1) is 32.0 Å². The van der Waals surface area contributed by atoms with Gasteiger partial charge in [-0.05, 0) is 32.1 Å². The fraction of sp³-hybridized carbons (Fsp3) is 0.918. The van der Waals surface area contributed by atoms with E-state index in [9.17, 15) is 45.6 Å². The number of rotatable bonds is 50. The summed E-state index contributed by atoms with van der Waals surface area (Å²) >= 11 is 0. The second-order valence-corrected chi connectivity index (χ2v) is 22.2. The Morgan fingerprint density at radius 2 is 0.853 bits per heavy atom. The number of hydrogen-bond donors (Lipinski definition) is 9. The molecule has 0 radical (unpaired) electrons. The molecular formula is C61H115NO13. The second kappa shape index (κ2) is 47.3. The maximum atomic E-state index is 13.3. The number of hydrogen-bond acceptors (Lipinski definition) is 13. The largest absolute Gasteiger partial charge is 0.394 e. The van der Waals surface area contributed by atoms with Gasteiger partial charge in [0.15, 0.2) is 12.6 Å². The molecule has 75 heavy (non-hydrogen) atoms. The van der Waals surface area contributed by atoms with Gasteiger partial charge >= 0.3 is 0 Å². The Labute approximate surface area is 456 Å². The molecule has 2 aliphatic rings. The molecule has 2 heterocycles. The average Bonchev–Trinajstić information content (AvgIpc) is 3.41. The van der Waals surface area contributed by atoms with Crippen molar-refractivity contribution in [3.05, 3.63) is 24.3 Å².